The van der Waals surface area contributed by atoms with Gasteiger partial charge in [-0.05, 0) is 24.7 Å². The molecule has 5 nitrogen and oxygen atoms in total. The Morgan fingerprint density at radius 3 is 2.73 bits per heavy atom. The lowest BCUT2D eigenvalue weighted by atomic mass is 10.2. The molecule has 1 atom stereocenters. The van der Waals surface area contributed by atoms with E-state index in [1.807, 2.05) is 24.3 Å². The number of benzene rings is 1. The predicted molar refractivity (Wildman–Crippen MR) is 102 cm³/mol. The number of hydrogen-bond acceptors (Lipinski definition) is 3. The zero-order valence-electron chi connectivity index (χ0n) is 13.0. The second-order valence-corrected chi connectivity index (χ2v) is 5.62. The molecule has 1 aliphatic rings. The number of aliphatic imine (C=N–C) groups is 1. The summed E-state index contributed by atoms with van der Waals surface area (Å²) in [6.45, 7) is 4.20. The van der Waals surface area contributed by atoms with Crippen LogP contribution in [-0.2, 0) is 11.3 Å². The summed E-state index contributed by atoms with van der Waals surface area (Å²) in [5.41, 5.74) is 1.16. The largest absolute Gasteiger partial charge is 0.374 e. The van der Waals surface area contributed by atoms with E-state index in [0.717, 1.165) is 42.8 Å². The summed E-state index contributed by atoms with van der Waals surface area (Å²) in [6, 6.07) is 7.78. The zero-order chi connectivity index (χ0) is 15.1. The quantitative estimate of drug-likeness (QED) is 0.429. The van der Waals surface area contributed by atoms with E-state index < -0.39 is 0 Å². The molecule has 0 saturated carbocycles. The van der Waals surface area contributed by atoms with Crippen molar-refractivity contribution in [3.63, 3.8) is 0 Å². The van der Waals surface area contributed by atoms with E-state index in [-0.39, 0.29) is 30.1 Å². The monoisotopic (exact) mass is 438 g/mol. The Bertz CT molecular complexity index is 469. The minimum absolute atomic E-state index is 0. The first-order valence-electron chi connectivity index (χ1n) is 7.16. The summed E-state index contributed by atoms with van der Waals surface area (Å²) >= 11 is 5.87. The van der Waals surface area contributed by atoms with Gasteiger partial charge in [-0.2, -0.15) is 0 Å². The van der Waals surface area contributed by atoms with Crippen molar-refractivity contribution in [1.82, 2.24) is 15.5 Å². The summed E-state index contributed by atoms with van der Waals surface area (Å²) in [6.07, 6.45) is 0.206. The van der Waals surface area contributed by atoms with Gasteiger partial charge in [0.05, 0.1) is 12.7 Å². The standard InChI is InChI=1S/C15H23ClN4O.HI/c1-17-15(18-9-12-3-5-13(16)6-4-12)19-10-14-11-20(2)7-8-21-14;/h3-6,14H,7-11H2,1-2H3,(H2,17,18,19);1H. The first-order valence-corrected chi connectivity index (χ1v) is 7.54. The Balaban J connectivity index is 0.00000242. The van der Waals surface area contributed by atoms with E-state index in [1.54, 1.807) is 7.05 Å². The smallest absolute Gasteiger partial charge is 0.191 e. The van der Waals surface area contributed by atoms with Crippen LogP contribution < -0.4 is 10.6 Å². The summed E-state index contributed by atoms with van der Waals surface area (Å²) in [5.74, 6) is 0.779. The first kappa shape index (κ1) is 19.5. The molecular weight excluding hydrogens is 415 g/mol. The molecule has 22 heavy (non-hydrogen) atoms. The predicted octanol–water partition coefficient (Wildman–Crippen LogP) is 1.95. The highest BCUT2D eigenvalue weighted by atomic mass is 127. The van der Waals surface area contributed by atoms with Crippen LogP contribution in [0, 0.1) is 0 Å². The Kier molecular flexibility index (Phi) is 9.08. The molecule has 0 radical (unpaired) electrons. The van der Waals surface area contributed by atoms with Crippen molar-refractivity contribution in [2.75, 3.05) is 40.3 Å². The van der Waals surface area contributed by atoms with Crippen molar-refractivity contribution in [2.45, 2.75) is 12.6 Å². The van der Waals surface area contributed by atoms with E-state index >= 15 is 0 Å². The SMILES string of the molecule is CN=C(NCc1ccc(Cl)cc1)NCC1CN(C)CCO1.I. The van der Waals surface area contributed by atoms with Crippen LogP contribution in [0.25, 0.3) is 0 Å². The highest BCUT2D eigenvalue weighted by Crippen LogP contribution is 2.09. The molecule has 0 spiro atoms. The molecule has 1 saturated heterocycles. The molecule has 2 rings (SSSR count). The molecule has 1 aromatic rings. The number of halogens is 2. The number of hydrogen-bond donors (Lipinski definition) is 2. The number of ether oxygens (including phenoxy) is 1. The molecule has 1 aromatic carbocycles. The second-order valence-electron chi connectivity index (χ2n) is 5.19. The van der Waals surface area contributed by atoms with Gasteiger partial charge in [0.2, 0.25) is 0 Å². The van der Waals surface area contributed by atoms with Gasteiger partial charge in [0.1, 0.15) is 0 Å². The summed E-state index contributed by atoms with van der Waals surface area (Å²) in [5, 5.41) is 7.33. The molecule has 0 aliphatic carbocycles. The van der Waals surface area contributed by atoms with Gasteiger partial charge in [0.15, 0.2) is 5.96 Å². The molecule has 0 aromatic heterocycles. The van der Waals surface area contributed by atoms with Crippen LogP contribution in [0.5, 0.6) is 0 Å². The van der Waals surface area contributed by atoms with Crippen molar-refractivity contribution in [1.29, 1.82) is 0 Å². The van der Waals surface area contributed by atoms with E-state index in [0.29, 0.717) is 6.54 Å². The molecule has 7 heteroatoms. The number of morpholine rings is 1. The maximum atomic E-state index is 5.87. The topological polar surface area (TPSA) is 48.9 Å². The van der Waals surface area contributed by atoms with Crippen LogP contribution in [0.2, 0.25) is 5.02 Å². The highest BCUT2D eigenvalue weighted by molar-refractivity contribution is 14.0. The molecule has 2 N–H and O–H groups in total. The minimum atomic E-state index is 0. The lowest BCUT2D eigenvalue weighted by molar-refractivity contribution is -0.0161. The minimum Gasteiger partial charge on any atom is -0.374 e. The molecule has 1 aliphatic heterocycles. The van der Waals surface area contributed by atoms with Crippen molar-refractivity contribution in [2.24, 2.45) is 4.99 Å². The first-order chi connectivity index (χ1) is 10.2. The van der Waals surface area contributed by atoms with Crippen molar-refractivity contribution in [3.8, 4) is 0 Å². The molecule has 0 amide bonds. The maximum absolute atomic E-state index is 5.87. The Labute approximate surface area is 154 Å². The van der Waals surface area contributed by atoms with Crippen molar-refractivity contribution >= 4 is 41.5 Å². The third kappa shape index (κ3) is 6.68. The summed E-state index contributed by atoms with van der Waals surface area (Å²) in [7, 11) is 3.88. The van der Waals surface area contributed by atoms with E-state index in [1.165, 1.54) is 0 Å². The fourth-order valence-electron chi connectivity index (χ4n) is 2.21. The Hall–Kier alpha value is -0.570. The molecular formula is C15H24ClIN4O. The number of nitrogens with one attached hydrogen (secondary N) is 2. The van der Waals surface area contributed by atoms with Gasteiger partial charge in [-0.25, -0.2) is 0 Å². The molecule has 1 heterocycles. The zero-order valence-corrected chi connectivity index (χ0v) is 16.1. The van der Waals surface area contributed by atoms with Crippen molar-refractivity contribution < 1.29 is 4.74 Å². The van der Waals surface area contributed by atoms with Gasteiger partial charge >= 0.3 is 0 Å². The number of rotatable bonds is 4. The molecule has 1 fully saturated rings. The van der Waals surface area contributed by atoms with Crippen LogP contribution in [0.15, 0.2) is 29.3 Å². The highest BCUT2D eigenvalue weighted by Gasteiger charge is 2.17. The van der Waals surface area contributed by atoms with Crippen LogP contribution in [0.3, 0.4) is 0 Å². The number of guanidine groups is 1. The average molecular weight is 439 g/mol. The number of nitrogens with zero attached hydrogens (tertiary/aromatic N) is 2. The van der Waals surface area contributed by atoms with E-state index in [9.17, 15) is 0 Å². The van der Waals surface area contributed by atoms with Gasteiger partial charge in [0, 0.05) is 38.2 Å². The Morgan fingerprint density at radius 1 is 1.36 bits per heavy atom. The third-order valence-corrected chi connectivity index (χ3v) is 3.69. The van der Waals surface area contributed by atoms with Gasteiger partial charge in [0.25, 0.3) is 0 Å². The average Bonchev–Trinajstić information content (AvgIpc) is 2.49. The normalized spacial score (nSPS) is 19.4. The second kappa shape index (κ2) is 10.3. The van der Waals surface area contributed by atoms with E-state index in [4.69, 9.17) is 16.3 Å². The fraction of sp³-hybridized carbons (Fsp3) is 0.533. The summed E-state index contributed by atoms with van der Waals surface area (Å²) in [4.78, 5) is 6.50. The van der Waals surface area contributed by atoms with Gasteiger partial charge < -0.3 is 20.3 Å². The van der Waals surface area contributed by atoms with Gasteiger partial charge in [-0.3, -0.25) is 4.99 Å². The lowest BCUT2D eigenvalue weighted by Gasteiger charge is -2.30. The third-order valence-electron chi connectivity index (χ3n) is 3.44. The molecule has 0 bridgehead atoms. The number of likely N-dealkylation sites (N-methyl/N-ethyl adjacent to an activating group) is 1. The Morgan fingerprint density at radius 2 is 2.09 bits per heavy atom. The van der Waals surface area contributed by atoms with Gasteiger partial charge in [-0.1, -0.05) is 23.7 Å². The van der Waals surface area contributed by atoms with Crippen LogP contribution >= 0.6 is 35.6 Å². The summed E-state index contributed by atoms with van der Waals surface area (Å²) < 4.78 is 5.72. The maximum Gasteiger partial charge on any atom is 0.191 e. The van der Waals surface area contributed by atoms with Crippen LogP contribution in [0.4, 0.5) is 0 Å². The van der Waals surface area contributed by atoms with Crippen LogP contribution in [0.1, 0.15) is 5.56 Å². The lowest BCUT2D eigenvalue weighted by Crippen LogP contribution is -2.48. The molecule has 124 valence electrons. The van der Waals surface area contributed by atoms with Crippen molar-refractivity contribution in [3.05, 3.63) is 34.9 Å². The van der Waals surface area contributed by atoms with Gasteiger partial charge in [-0.15, -0.1) is 24.0 Å². The van der Waals surface area contributed by atoms with Crippen LogP contribution in [-0.4, -0.2) is 57.3 Å². The molecule has 1 unspecified atom stereocenters. The fourth-order valence-corrected chi connectivity index (χ4v) is 2.34. The van der Waals surface area contributed by atoms with E-state index in [2.05, 4.69) is 27.6 Å².